The van der Waals surface area contributed by atoms with Gasteiger partial charge in [-0.05, 0) is 39.2 Å². The Morgan fingerprint density at radius 1 is 1.33 bits per heavy atom. The van der Waals surface area contributed by atoms with E-state index in [0.717, 1.165) is 42.4 Å². The first-order valence-corrected chi connectivity index (χ1v) is 7.31. The number of aryl methyl sites for hydroxylation is 1. The van der Waals surface area contributed by atoms with Gasteiger partial charge in [0.05, 0.1) is 19.4 Å². The van der Waals surface area contributed by atoms with Crippen LogP contribution in [0.2, 0.25) is 0 Å². The second kappa shape index (κ2) is 6.70. The number of rotatable bonds is 6. The average Bonchev–Trinajstić information content (AvgIpc) is 2.91. The highest BCUT2D eigenvalue weighted by molar-refractivity contribution is 5.80. The average molecular weight is 289 g/mol. The van der Waals surface area contributed by atoms with Crippen molar-refractivity contribution in [2.75, 3.05) is 25.6 Å². The van der Waals surface area contributed by atoms with E-state index in [4.69, 9.17) is 4.74 Å². The number of Topliss-reactive ketones (excluding diaryl/α,β-unsaturated/α-hetero) is 1. The fourth-order valence-electron chi connectivity index (χ4n) is 2.60. The lowest BCUT2D eigenvalue weighted by Crippen LogP contribution is -2.26. The molecule has 0 bridgehead atoms. The van der Waals surface area contributed by atoms with E-state index in [2.05, 4.69) is 9.97 Å². The number of ketones is 1. The fraction of sp³-hybridized carbons (Fsp3) is 0.562. The molecule has 5 heteroatoms. The largest absolute Gasteiger partial charge is 0.502 e. The number of carbonyl (C=O) groups excluding carboxylic acids is 1. The topological polar surface area (TPSA) is 55.3 Å². The van der Waals surface area contributed by atoms with E-state index < -0.39 is 0 Å². The van der Waals surface area contributed by atoms with Crippen LogP contribution in [0.15, 0.2) is 11.8 Å². The SMILES string of the molecule is CO/C(C)=C/Cc1nc2c(c(N(C)CC(C)=O)n1)CCC2. The van der Waals surface area contributed by atoms with Crippen LogP contribution < -0.4 is 4.90 Å². The first kappa shape index (κ1) is 15.5. The maximum Gasteiger partial charge on any atom is 0.149 e. The first-order chi connectivity index (χ1) is 10.0. The van der Waals surface area contributed by atoms with Gasteiger partial charge in [-0.25, -0.2) is 9.97 Å². The minimum atomic E-state index is 0.138. The molecule has 2 rings (SSSR count). The molecule has 0 aromatic carbocycles. The van der Waals surface area contributed by atoms with Crippen LogP contribution in [0.5, 0.6) is 0 Å². The smallest absolute Gasteiger partial charge is 0.149 e. The number of aromatic nitrogens is 2. The van der Waals surface area contributed by atoms with Gasteiger partial charge in [0.25, 0.3) is 0 Å². The summed E-state index contributed by atoms with van der Waals surface area (Å²) < 4.78 is 5.15. The standard InChI is InChI=1S/C16H23N3O2/c1-11(20)10-19(3)16-13-6-5-7-14(13)17-15(18-16)9-8-12(2)21-4/h8H,5-7,9-10H2,1-4H3/b12-8+. The number of anilines is 1. The molecule has 0 amide bonds. The van der Waals surface area contributed by atoms with Gasteiger partial charge in [-0.3, -0.25) is 4.79 Å². The summed E-state index contributed by atoms with van der Waals surface area (Å²) in [5.41, 5.74) is 2.34. The van der Waals surface area contributed by atoms with Crippen LogP contribution in [0.1, 0.15) is 37.4 Å². The summed E-state index contributed by atoms with van der Waals surface area (Å²) in [4.78, 5) is 22.6. The lowest BCUT2D eigenvalue weighted by atomic mass is 10.2. The molecule has 114 valence electrons. The molecule has 1 aromatic heterocycles. The van der Waals surface area contributed by atoms with Gasteiger partial charge in [-0.2, -0.15) is 0 Å². The monoisotopic (exact) mass is 289 g/mol. The van der Waals surface area contributed by atoms with Crippen LogP contribution in [-0.4, -0.2) is 36.5 Å². The minimum absolute atomic E-state index is 0.138. The first-order valence-electron chi connectivity index (χ1n) is 7.31. The zero-order valence-electron chi connectivity index (χ0n) is 13.3. The molecule has 0 atom stereocenters. The lowest BCUT2D eigenvalue weighted by Gasteiger charge is -2.20. The maximum absolute atomic E-state index is 11.4. The lowest BCUT2D eigenvalue weighted by molar-refractivity contribution is -0.115. The Morgan fingerprint density at radius 2 is 2.10 bits per heavy atom. The van der Waals surface area contributed by atoms with Gasteiger partial charge in [0, 0.05) is 24.7 Å². The van der Waals surface area contributed by atoms with Crippen LogP contribution in [0.4, 0.5) is 5.82 Å². The third-order valence-corrected chi connectivity index (χ3v) is 3.67. The number of methoxy groups -OCH3 is 1. The van der Waals surface area contributed by atoms with E-state index >= 15 is 0 Å². The van der Waals surface area contributed by atoms with Crippen molar-refractivity contribution in [2.45, 2.75) is 39.5 Å². The van der Waals surface area contributed by atoms with Crippen molar-refractivity contribution in [1.82, 2.24) is 9.97 Å². The van der Waals surface area contributed by atoms with Crippen molar-refractivity contribution in [3.8, 4) is 0 Å². The van der Waals surface area contributed by atoms with E-state index in [1.165, 1.54) is 5.56 Å². The van der Waals surface area contributed by atoms with E-state index in [9.17, 15) is 4.79 Å². The normalized spacial score (nSPS) is 14.0. The predicted octanol–water partition coefficient (Wildman–Crippen LogP) is 2.08. The van der Waals surface area contributed by atoms with Crippen LogP contribution >= 0.6 is 0 Å². The number of likely N-dealkylation sites (N-methyl/N-ethyl adjacent to an activating group) is 1. The van der Waals surface area contributed by atoms with Gasteiger partial charge < -0.3 is 9.64 Å². The predicted molar refractivity (Wildman–Crippen MR) is 82.5 cm³/mol. The van der Waals surface area contributed by atoms with E-state index in [1.807, 2.05) is 24.9 Å². The number of nitrogens with zero attached hydrogens (tertiary/aromatic N) is 3. The van der Waals surface area contributed by atoms with Gasteiger partial charge in [0.15, 0.2) is 0 Å². The molecular formula is C16H23N3O2. The molecule has 0 aliphatic heterocycles. The van der Waals surface area contributed by atoms with Crippen LogP contribution in [0, 0.1) is 0 Å². The number of carbonyl (C=O) groups is 1. The van der Waals surface area contributed by atoms with Crippen molar-refractivity contribution >= 4 is 11.6 Å². The Balaban J connectivity index is 2.30. The summed E-state index contributed by atoms with van der Waals surface area (Å²) in [5, 5.41) is 0. The summed E-state index contributed by atoms with van der Waals surface area (Å²) in [7, 11) is 3.57. The maximum atomic E-state index is 11.4. The Kier molecular flexibility index (Phi) is 4.94. The second-order valence-corrected chi connectivity index (χ2v) is 5.52. The van der Waals surface area contributed by atoms with E-state index in [1.54, 1.807) is 14.0 Å². The highest BCUT2D eigenvalue weighted by atomic mass is 16.5. The third kappa shape index (κ3) is 3.80. The van der Waals surface area contributed by atoms with Gasteiger partial charge in [-0.15, -0.1) is 0 Å². The summed E-state index contributed by atoms with van der Waals surface area (Å²) in [6.07, 6.45) is 5.74. The highest BCUT2D eigenvalue weighted by Crippen LogP contribution is 2.28. The Hall–Kier alpha value is -1.91. The molecule has 0 unspecified atom stereocenters. The van der Waals surface area contributed by atoms with Crippen LogP contribution in [0.3, 0.4) is 0 Å². The summed E-state index contributed by atoms with van der Waals surface area (Å²) >= 11 is 0. The van der Waals surface area contributed by atoms with E-state index in [-0.39, 0.29) is 5.78 Å². The zero-order chi connectivity index (χ0) is 15.4. The number of ether oxygens (including phenoxy) is 1. The van der Waals surface area contributed by atoms with Crippen molar-refractivity contribution in [3.05, 3.63) is 28.9 Å². The summed E-state index contributed by atoms with van der Waals surface area (Å²) in [6, 6.07) is 0. The van der Waals surface area contributed by atoms with Gasteiger partial charge >= 0.3 is 0 Å². The molecule has 1 aliphatic carbocycles. The Morgan fingerprint density at radius 3 is 2.76 bits per heavy atom. The van der Waals surface area contributed by atoms with E-state index in [0.29, 0.717) is 13.0 Å². The van der Waals surface area contributed by atoms with Crippen LogP contribution in [-0.2, 0) is 28.8 Å². The molecule has 0 radical (unpaired) electrons. The molecule has 0 N–H and O–H groups in total. The Labute approximate surface area is 126 Å². The van der Waals surface area contributed by atoms with Crippen molar-refractivity contribution < 1.29 is 9.53 Å². The molecule has 1 aromatic rings. The number of fused-ring (bicyclic) bond motifs is 1. The molecule has 0 fully saturated rings. The molecule has 1 aliphatic rings. The molecule has 21 heavy (non-hydrogen) atoms. The number of hydrogen-bond donors (Lipinski definition) is 0. The molecule has 0 saturated heterocycles. The Bertz CT molecular complexity index is 567. The molecule has 5 nitrogen and oxygen atoms in total. The van der Waals surface area contributed by atoms with Gasteiger partial charge in [0.2, 0.25) is 0 Å². The van der Waals surface area contributed by atoms with Crippen molar-refractivity contribution in [3.63, 3.8) is 0 Å². The van der Waals surface area contributed by atoms with Crippen LogP contribution in [0.25, 0.3) is 0 Å². The van der Waals surface area contributed by atoms with Gasteiger partial charge in [-0.1, -0.05) is 0 Å². The van der Waals surface area contributed by atoms with Crippen molar-refractivity contribution in [1.29, 1.82) is 0 Å². The quantitative estimate of drug-likeness (QED) is 0.751. The molecule has 0 saturated carbocycles. The fourth-order valence-corrected chi connectivity index (χ4v) is 2.60. The van der Waals surface area contributed by atoms with Gasteiger partial charge in [0.1, 0.15) is 17.4 Å². The van der Waals surface area contributed by atoms with Crippen molar-refractivity contribution in [2.24, 2.45) is 0 Å². The highest BCUT2D eigenvalue weighted by Gasteiger charge is 2.21. The minimum Gasteiger partial charge on any atom is -0.502 e. The summed E-state index contributed by atoms with van der Waals surface area (Å²) in [5.74, 6) is 2.70. The second-order valence-electron chi connectivity index (χ2n) is 5.52. The zero-order valence-corrected chi connectivity index (χ0v) is 13.3. The third-order valence-electron chi connectivity index (χ3n) is 3.67. The molecular weight excluding hydrogens is 266 g/mol. The number of hydrogen-bond acceptors (Lipinski definition) is 5. The molecule has 0 spiro atoms. The number of allylic oxidation sites excluding steroid dienone is 2. The molecule has 1 heterocycles. The summed E-state index contributed by atoms with van der Waals surface area (Å²) in [6.45, 7) is 3.90.